The van der Waals surface area contributed by atoms with E-state index in [1.54, 1.807) is 20.8 Å². The number of rotatable bonds is 3. The molecule has 0 saturated heterocycles. The largest absolute Gasteiger partial charge is 0.484 e. The highest BCUT2D eigenvalue weighted by atomic mass is 16.6. The second-order valence-corrected chi connectivity index (χ2v) is 3.60. The predicted octanol–water partition coefficient (Wildman–Crippen LogP) is 2.27. The Hall–Kier alpha value is -1.78. The monoisotopic (exact) mass is 210 g/mol. The summed E-state index contributed by atoms with van der Waals surface area (Å²) in [6.45, 7) is 5.33. The van der Waals surface area contributed by atoms with Crippen molar-refractivity contribution in [2.45, 2.75) is 26.9 Å². The number of ether oxygens (including phenoxy) is 1. The molecule has 82 valence electrons. The number of nitro benzene ring substituents is 1. The Morgan fingerprint density at radius 2 is 2.07 bits per heavy atom. The summed E-state index contributed by atoms with van der Waals surface area (Å²) in [5, 5.41) is 10.8. The van der Waals surface area contributed by atoms with Crippen LogP contribution in [0.5, 0.6) is 5.75 Å². The fourth-order valence-corrected chi connectivity index (χ4v) is 1.18. The summed E-state index contributed by atoms with van der Waals surface area (Å²) in [6.07, 6.45) is -0.120. The van der Waals surface area contributed by atoms with Crippen molar-refractivity contribution >= 4 is 11.4 Å². The molecule has 15 heavy (non-hydrogen) atoms. The lowest BCUT2D eigenvalue weighted by Crippen LogP contribution is -2.08. The first-order chi connectivity index (χ1) is 6.91. The fourth-order valence-electron chi connectivity index (χ4n) is 1.18. The summed E-state index contributed by atoms with van der Waals surface area (Å²) < 4.78 is 5.32. The highest BCUT2D eigenvalue weighted by molar-refractivity contribution is 5.60. The number of nitrogens with zero attached hydrogens (tertiary/aromatic N) is 1. The summed E-state index contributed by atoms with van der Waals surface area (Å²) in [5.74, 6) is 0.220. The summed E-state index contributed by atoms with van der Waals surface area (Å²) in [5.41, 5.74) is 6.79. The first kappa shape index (κ1) is 11.3. The maximum Gasteiger partial charge on any atom is 0.311 e. The van der Waals surface area contributed by atoms with Crippen LogP contribution in [0.1, 0.15) is 19.4 Å². The summed E-state index contributed by atoms with van der Waals surface area (Å²) in [7, 11) is 0. The number of benzene rings is 1. The van der Waals surface area contributed by atoms with Crippen LogP contribution < -0.4 is 10.5 Å². The molecule has 5 nitrogen and oxygen atoms in total. The number of hydrogen-bond acceptors (Lipinski definition) is 4. The zero-order valence-electron chi connectivity index (χ0n) is 8.98. The first-order valence-electron chi connectivity index (χ1n) is 4.63. The van der Waals surface area contributed by atoms with Crippen molar-refractivity contribution in [3.8, 4) is 5.75 Å². The van der Waals surface area contributed by atoms with E-state index >= 15 is 0 Å². The lowest BCUT2D eigenvalue weighted by molar-refractivity contribution is -0.386. The molecule has 1 rings (SSSR count). The average Bonchev–Trinajstić information content (AvgIpc) is 2.09. The van der Waals surface area contributed by atoms with Crippen LogP contribution in [0.3, 0.4) is 0 Å². The molecule has 0 aliphatic heterocycles. The zero-order chi connectivity index (χ0) is 11.6. The molecule has 0 atom stereocenters. The number of aryl methyl sites for hydroxylation is 1. The molecule has 0 aliphatic rings. The van der Waals surface area contributed by atoms with Crippen LogP contribution in [0.4, 0.5) is 11.4 Å². The van der Waals surface area contributed by atoms with Crippen molar-refractivity contribution in [1.82, 2.24) is 0 Å². The fraction of sp³-hybridized carbons (Fsp3) is 0.400. The molecule has 2 N–H and O–H groups in total. The SMILES string of the molecule is Cc1cc([N+](=O)[O-])c(OC(C)C)cc1N. The third-order valence-electron chi connectivity index (χ3n) is 1.91. The lowest BCUT2D eigenvalue weighted by Gasteiger charge is -2.11. The Morgan fingerprint density at radius 3 is 2.53 bits per heavy atom. The minimum absolute atomic E-state index is 0.0459. The molecular weight excluding hydrogens is 196 g/mol. The van der Waals surface area contributed by atoms with Gasteiger partial charge in [0.2, 0.25) is 0 Å². The Labute approximate surface area is 88.0 Å². The molecule has 0 spiro atoms. The number of anilines is 1. The van der Waals surface area contributed by atoms with Crippen molar-refractivity contribution in [3.63, 3.8) is 0 Å². The number of nitro groups is 1. The van der Waals surface area contributed by atoms with E-state index in [-0.39, 0.29) is 17.5 Å². The molecule has 0 radical (unpaired) electrons. The van der Waals surface area contributed by atoms with Crippen LogP contribution in [0.15, 0.2) is 12.1 Å². The molecule has 1 aromatic rings. The highest BCUT2D eigenvalue weighted by Crippen LogP contribution is 2.32. The molecule has 0 saturated carbocycles. The van der Waals surface area contributed by atoms with Gasteiger partial charge in [-0.15, -0.1) is 0 Å². The Kier molecular flexibility index (Phi) is 3.14. The van der Waals surface area contributed by atoms with Gasteiger partial charge in [0, 0.05) is 17.8 Å². The molecule has 0 fully saturated rings. The molecule has 0 amide bonds. The van der Waals surface area contributed by atoms with Crippen LogP contribution in [0.2, 0.25) is 0 Å². The van der Waals surface area contributed by atoms with E-state index in [0.717, 1.165) is 0 Å². The van der Waals surface area contributed by atoms with Crippen molar-refractivity contribution in [2.75, 3.05) is 5.73 Å². The normalized spacial score (nSPS) is 10.4. The second-order valence-electron chi connectivity index (χ2n) is 3.60. The van der Waals surface area contributed by atoms with Crippen molar-refractivity contribution in [3.05, 3.63) is 27.8 Å². The topological polar surface area (TPSA) is 78.4 Å². The van der Waals surface area contributed by atoms with E-state index < -0.39 is 4.92 Å². The predicted molar refractivity (Wildman–Crippen MR) is 58.0 cm³/mol. The lowest BCUT2D eigenvalue weighted by atomic mass is 10.1. The number of nitrogens with two attached hydrogens (primary N) is 1. The number of hydrogen-bond donors (Lipinski definition) is 1. The smallest absolute Gasteiger partial charge is 0.311 e. The van der Waals surface area contributed by atoms with Crippen LogP contribution in [-0.4, -0.2) is 11.0 Å². The molecule has 5 heteroatoms. The van der Waals surface area contributed by atoms with Gasteiger partial charge in [-0.05, 0) is 26.3 Å². The molecule has 1 aromatic carbocycles. The second kappa shape index (κ2) is 4.16. The van der Waals surface area contributed by atoms with Gasteiger partial charge in [0.15, 0.2) is 5.75 Å². The molecule has 0 aliphatic carbocycles. The van der Waals surface area contributed by atoms with E-state index in [1.807, 2.05) is 0 Å². The van der Waals surface area contributed by atoms with Crippen LogP contribution in [0, 0.1) is 17.0 Å². The Balaban J connectivity index is 3.22. The average molecular weight is 210 g/mol. The van der Waals surface area contributed by atoms with E-state index in [4.69, 9.17) is 10.5 Å². The standard InChI is InChI=1S/C10H14N2O3/c1-6(2)15-10-5-8(11)7(3)4-9(10)12(13)14/h4-6H,11H2,1-3H3. The molecular formula is C10H14N2O3. The van der Waals surface area contributed by atoms with E-state index in [9.17, 15) is 10.1 Å². The third-order valence-corrected chi connectivity index (χ3v) is 1.91. The summed E-state index contributed by atoms with van der Waals surface area (Å²) in [4.78, 5) is 10.3. The Bertz CT molecular complexity index is 388. The zero-order valence-corrected chi connectivity index (χ0v) is 8.98. The highest BCUT2D eigenvalue weighted by Gasteiger charge is 2.17. The van der Waals surface area contributed by atoms with Crippen molar-refractivity contribution in [2.24, 2.45) is 0 Å². The van der Waals surface area contributed by atoms with Gasteiger partial charge in [-0.2, -0.15) is 0 Å². The van der Waals surface area contributed by atoms with Crippen molar-refractivity contribution < 1.29 is 9.66 Å². The van der Waals surface area contributed by atoms with Gasteiger partial charge in [-0.25, -0.2) is 0 Å². The molecule has 0 heterocycles. The Morgan fingerprint density at radius 1 is 1.47 bits per heavy atom. The summed E-state index contributed by atoms with van der Waals surface area (Å²) >= 11 is 0. The van der Waals surface area contributed by atoms with Crippen LogP contribution >= 0.6 is 0 Å². The number of nitrogen functional groups attached to an aromatic ring is 1. The van der Waals surface area contributed by atoms with Gasteiger partial charge in [-0.1, -0.05) is 0 Å². The van der Waals surface area contributed by atoms with Crippen LogP contribution in [-0.2, 0) is 0 Å². The minimum atomic E-state index is -0.468. The minimum Gasteiger partial charge on any atom is -0.484 e. The molecule has 0 unspecified atom stereocenters. The van der Waals surface area contributed by atoms with Gasteiger partial charge >= 0.3 is 5.69 Å². The van der Waals surface area contributed by atoms with Gasteiger partial charge in [0.1, 0.15) is 0 Å². The van der Waals surface area contributed by atoms with Gasteiger partial charge in [0.25, 0.3) is 0 Å². The maximum atomic E-state index is 10.8. The van der Waals surface area contributed by atoms with Crippen LogP contribution in [0.25, 0.3) is 0 Å². The van der Waals surface area contributed by atoms with Gasteiger partial charge < -0.3 is 10.5 Å². The quantitative estimate of drug-likeness (QED) is 0.471. The van der Waals surface area contributed by atoms with Gasteiger partial charge in [-0.3, -0.25) is 10.1 Å². The summed E-state index contributed by atoms with van der Waals surface area (Å²) in [6, 6.07) is 2.92. The molecule has 0 aromatic heterocycles. The van der Waals surface area contributed by atoms with E-state index in [1.165, 1.54) is 12.1 Å². The molecule has 0 bridgehead atoms. The van der Waals surface area contributed by atoms with E-state index in [0.29, 0.717) is 11.3 Å². The van der Waals surface area contributed by atoms with E-state index in [2.05, 4.69) is 0 Å². The van der Waals surface area contributed by atoms with Crippen molar-refractivity contribution in [1.29, 1.82) is 0 Å². The van der Waals surface area contributed by atoms with Gasteiger partial charge in [0.05, 0.1) is 11.0 Å². The third kappa shape index (κ3) is 2.59. The maximum absolute atomic E-state index is 10.8. The first-order valence-corrected chi connectivity index (χ1v) is 4.63.